The maximum atomic E-state index is 13.2. The summed E-state index contributed by atoms with van der Waals surface area (Å²) in [4.78, 5) is 13.2. The summed E-state index contributed by atoms with van der Waals surface area (Å²) in [5.41, 5.74) is 1.00. The summed E-state index contributed by atoms with van der Waals surface area (Å²) in [5.74, 6) is -0.333. The normalized spacial score (nSPS) is 17.8. The molecule has 4 nitrogen and oxygen atoms in total. The van der Waals surface area contributed by atoms with Crippen LogP contribution in [0.15, 0.2) is 48.5 Å². The molecule has 1 saturated heterocycles. The number of ether oxygens (including phenoxy) is 1. The highest BCUT2D eigenvalue weighted by Crippen LogP contribution is 2.46. The van der Waals surface area contributed by atoms with Crippen LogP contribution in [0.25, 0.3) is 11.1 Å². The molecule has 2 aromatic carbocycles. The Morgan fingerprint density at radius 2 is 1.71 bits per heavy atom. The number of halogens is 1. The van der Waals surface area contributed by atoms with Gasteiger partial charge in [-0.2, -0.15) is 0 Å². The van der Waals surface area contributed by atoms with Gasteiger partial charge < -0.3 is 15.2 Å². The fourth-order valence-electron chi connectivity index (χ4n) is 3.77. The van der Waals surface area contributed by atoms with Gasteiger partial charge in [0.1, 0.15) is 11.0 Å². The number of piperidine rings is 1. The fourth-order valence-corrected chi connectivity index (χ4v) is 3.89. The lowest BCUT2D eigenvalue weighted by Gasteiger charge is -2.41. The Hall–Kier alpha value is -1.88. The average molecular weight is 402 g/mol. The third kappa shape index (κ3) is 4.40. The quantitative estimate of drug-likeness (QED) is 0.725. The molecule has 0 aromatic heterocycles. The van der Waals surface area contributed by atoms with Crippen LogP contribution in [0.5, 0.6) is 0 Å². The van der Waals surface area contributed by atoms with E-state index in [1.54, 1.807) is 0 Å². The zero-order chi connectivity index (χ0) is 20.4. The molecule has 2 N–H and O–H groups in total. The van der Waals surface area contributed by atoms with Crippen molar-refractivity contribution in [3.63, 3.8) is 0 Å². The molecule has 0 bridgehead atoms. The summed E-state index contributed by atoms with van der Waals surface area (Å²) >= 11 is 6.03. The van der Waals surface area contributed by atoms with Crippen LogP contribution in [-0.2, 0) is 9.53 Å². The number of aliphatic hydroxyl groups excluding tert-OH is 1. The van der Waals surface area contributed by atoms with E-state index in [-0.39, 0.29) is 5.97 Å². The van der Waals surface area contributed by atoms with Crippen LogP contribution in [-0.4, -0.2) is 29.8 Å². The summed E-state index contributed by atoms with van der Waals surface area (Å²) in [5, 5.41) is 15.4. The van der Waals surface area contributed by atoms with Crippen LogP contribution in [0, 0.1) is 5.41 Å². The van der Waals surface area contributed by atoms with Gasteiger partial charge in [0, 0.05) is 5.02 Å². The Bertz CT molecular complexity index is 820. The lowest BCUT2D eigenvalue weighted by molar-refractivity contribution is -0.178. The van der Waals surface area contributed by atoms with Gasteiger partial charge in [0.25, 0.3) is 0 Å². The van der Waals surface area contributed by atoms with Crippen molar-refractivity contribution < 1.29 is 14.6 Å². The van der Waals surface area contributed by atoms with Gasteiger partial charge in [0.2, 0.25) is 0 Å². The Labute approximate surface area is 171 Å². The van der Waals surface area contributed by atoms with E-state index in [9.17, 15) is 9.90 Å². The first-order valence-corrected chi connectivity index (χ1v) is 10.1. The van der Waals surface area contributed by atoms with Gasteiger partial charge in [0.15, 0.2) is 0 Å². The van der Waals surface area contributed by atoms with Crippen molar-refractivity contribution in [1.29, 1.82) is 0 Å². The predicted octanol–water partition coefficient (Wildman–Crippen LogP) is 4.75. The lowest BCUT2D eigenvalue weighted by atomic mass is 9.70. The number of carbonyl (C=O) groups is 1. The lowest BCUT2D eigenvalue weighted by Crippen LogP contribution is -2.48. The van der Waals surface area contributed by atoms with E-state index in [1.807, 2.05) is 69.3 Å². The third-order valence-electron chi connectivity index (χ3n) is 5.24. The highest BCUT2D eigenvalue weighted by Gasteiger charge is 2.49. The first kappa shape index (κ1) is 20.8. The maximum absolute atomic E-state index is 13.2. The number of hydrogen-bond donors (Lipinski definition) is 2. The second-order valence-electron chi connectivity index (χ2n) is 8.40. The van der Waals surface area contributed by atoms with Crippen molar-refractivity contribution >= 4 is 17.6 Å². The van der Waals surface area contributed by atoms with Crippen LogP contribution in [0.2, 0.25) is 5.02 Å². The second kappa shape index (κ2) is 8.24. The fraction of sp³-hybridized carbons (Fsp3) is 0.435. The van der Waals surface area contributed by atoms with Gasteiger partial charge >= 0.3 is 5.97 Å². The standard InChI is InChI=1S/C23H28ClNO3/c1-22(2,3)28-21(27)23(12-14-25-15-13-23)20(26)19-7-5-4-6-18(19)16-8-10-17(24)11-9-16/h4-11,20,25-26H,12-15H2,1-3H3. The van der Waals surface area contributed by atoms with E-state index >= 15 is 0 Å². The van der Waals surface area contributed by atoms with E-state index in [4.69, 9.17) is 16.3 Å². The Morgan fingerprint density at radius 1 is 1.11 bits per heavy atom. The second-order valence-corrected chi connectivity index (χ2v) is 8.84. The molecule has 0 saturated carbocycles. The highest BCUT2D eigenvalue weighted by atomic mass is 35.5. The minimum Gasteiger partial charge on any atom is -0.459 e. The van der Waals surface area contributed by atoms with Crippen molar-refractivity contribution in [3.8, 4) is 11.1 Å². The summed E-state index contributed by atoms with van der Waals surface area (Å²) < 4.78 is 5.74. The number of hydrogen-bond acceptors (Lipinski definition) is 4. The van der Waals surface area contributed by atoms with Gasteiger partial charge in [-0.1, -0.05) is 48.0 Å². The number of carbonyl (C=O) groups excluding carboxylic acids is 1. The highest BCUT2D eigenvalue weighted by molar-refractivity contribution is 6.30. The maximum Gasteiger partial charge on any atom is 0.315 e. The number of rotatable bonds is 4. The van der Waals surface area contributed by atoms with Gasteiger partial charge in [-0.15, -0.1) is 0 Å². The summed E-state index contributed by atoms with van der Waals surface area (Å²) in [6, 6.07) is 15.2. The minimum absolute atomic E-state index is 0.333. The molecule has 1 aliphatic heterocycles. The van der Waals surface area contributed by atoms with Gasteiger partial charge in [0.05, 0.1) is 6.10 Å². The zero-order valence-electron chi connectivity index (χ0n) is 16.7. The molecule has 1 heterocycles. The number of esters is 1. The van der Waals surface area contributed by atoms with Crippen LogP contribution in [0.1, 0.15) is 45.3 Å². The Balaban J connectivity index is 2.03. The van der Waals surface area contributed by atoms with Crippen LogP contribution in [0.4, 0.5) is 0 Å². The summed E-state index contributed by atoms with van der Waals surface area (Å²) in [6.07, 6.45) is 0.0899. The van der Waals surface area contributed by atoms with Gasteiger partial charge in [-0.25, -0.2) is 0 Å². The SMILES string of the molecule is CC(C)(C)OC(=O)C1(C(O)c2ccccc2-c2ccc(Cl)cc2)CCNCC1. The molecule has 0 amide bonds. The van der Waals surface area contributed by atoms with Gasteiger partial charge in [-0.3, -0.25) is 4.79 Å². The third-order valence-corrected chi connectivity index (χ3v) is 5.49. The molecule has 5 heteroatoms. The molecule has 2 aromatic rings. The van der Waals surface area contributed by atoms with Crippen molar-refractivity contribution in [2.75, 3.05) is 13.1 Å². The van der Waals surface area contributed by atoms with Crippen LogP contribution in [0.3, 0.4) is 0 Å². The smallest absolute Gasteiger partial charge is 0.315 e. The van der Waals surface area contributed by atoms with Crippen molar-refractivity contribution in [1.82, 2.24) is 5.32 Å². The molecule has 150 valence electrons. The average Bonchev–Trinajstić information content (AvgIpc) is 2.67. The van der Waals surface area contributed by atoms with Crippen LogP contribution >= 0.6 is 11.6 Å². The Morgan fingerprint density at radius 3 is 2.32 bits per heavy atom. The largest absolute Gasteiger partial charge is 0.459 e. The number of nitrogens with one attached hydrogen (secondary N) is 1. The molecular formula is C23H28ClNO3. The van der Waals surface area contributed by atoms with Gasteiger partial charge in [-0.05, 0) is 75.5 Å². The van der Waals surface area contributed by atoms with E-state index < -0.39 is 17.1 Å². The van der Waals surface area contributed by atoms with Crippen molar-refractivity contribution in [3.05, 3.63) is 59.1 Å². The molecular weight excluding hydrogens is 374 g/mol. The summed E-state index contributed by atoms with van der Waals surface area (Å²) in [6.45, 7) is 6.90. The van der Waals surface area contributed by atoms with Crippen LogP contribution < -0.4 is 5.32 Å². The molecule has 0 radical (unpaired) electrons. The molecule has 1 atom stereocenters. The van der Waals surface area contributed by atoms with Crippen molar-refractivity contribution in [2.24, 2.45) is 5.41 Å². The first-order valence-electron chi connectivity index (χ1n) is 9.70. The van der Waals surface area contributed by atoms with E-state index in [0.717, 1.165) is 16.7 Å². The van der Waals surface area contributed by atoms with E-state index in [2.05, 4.69) is 5.32 Å². The van der Waals surface area contributed by atoms with E-state index in [0.29, 0.717) is 31.0 Å². The molecule has 1 unspecified atom stereocenters. The molecule has 1 aliphatic rings. The molecule has 28 heavy (non-hydrogen) atoms. The number of aliphatic hydroxyl groups is 1. The molecule has 3 rings (SSSR count). The van der Waals surface area contributed by atoms with E-state index in [1.165, 1.54) is 0 Å². The Kier molecular flexibility index (Phi) is 6.13. The minimum atomic E-state index is -0.971. The predicted molar refractivity (Wildman–Crippen MR) is 112 cm³/mol. The topological polar surface area (TPSA) is 58.6 Å². The summed E-state index contributed by atoms with van der Waals surface area (Å²) in [7, 11) is 0. The number of benzene rings is 2. The molecule has 1 fully saturated rings. The molecule has 0 aliphatic carbocycles. The first-order chi connectivity index (χ1) is 13.2. The zero-order valence-corrected chi connectivity index (χ0v) is 17.4. The monoisotopic (exact) mass is 401 g/mol. The van der Waals surface area contributed by atoms with Crippen molar-refractivity contribution in [2.45, 2.75) is 45.3 Å². The molecule has 0 spiro atoms.